The number of rotatable bonds is 2. The Morgan fingerprint density at radius 2 is 1.88 bits per heavy atom. The molecule has 0 spiro atoms. The first-order chi connectivity index (χ1) is 8.04. The number of piperidine rings is 1. The number of hydrogen-bond donors (Lipinski definition) is 1. The maximum Gasteiger partial charge on any atom is 0.0292 e. The summed E-state index contributed by atoms with van der Waals surface area (Å²) in [5.74, 6) is 0.791. The van der Waals surface area contributed by atoms with Crippen LogP contribution in [0.15, 0.2) is 11.8 Å². The monoisotopic (exact) mass is 234 g/mol. The van der Waals surface area contributed by atoms with Crippen LogP contribution in [0, 0.1) is 16.7 Å². The Bertz CT molecular complexity index is 339. The predicted octanol–water partition coefficient (Wildman–Crippen LogP) is 3.32. The number of allylic oxidation sites excluding steroid dienone is 2. The van der Waals surface area contributed by atoms with E-state index in [2.05, 4.69) is 37.3 Å². The van der Waals surface area contributed by atoms with Crippen molar-refractivity contribution in [3.8, 4) is 0 Å². The Balaban J connectivity index is 1.75. The molecule has 0 aromatic carbocycles. The Hall–Kier alpha value is -0.500. The predicted molar refractivity (Wildman–Crippen MR) is 71.3 cm³/mol. The van der Waals surface area contributed by atoms with Crippen LogP contribution >= 0.6 is 0 Å². The summed E-state index contributed by atoms with van der Waals surface area (Å²) in [5, 5.41) is 2.44. The summed E-state index contributed by atoms with van der Waals surface area (Å²) in [6.07, 6.45) is 9.38. The van der Waals surface area contributed by atoms with Crippen LogP contribution in [0.2, 0.25) is 0 Å². The van der Waals surface area contributed by atoms with Crippen molar-refractivity contribution in [3.63, 3.8) is 0 Å². The number of fused-ring (bicyclic) bond motifs is 2. The lowest BCUT2D eigenvalue weighted by molar-refractivity contribution is 0.117. The van der Waals surface area contributed by atoms with Gasteiger partial charge in [0, 0.05) is 24.2 Å². The zero-order valence-electron chi connectivity index (χ0n) is 11.6. The fourth-order valence-electron chi connectivity index (χ4n) is 4.03. The van der Waals surface area contributed by atoms with Crippen LogP contribution in [0.5, 0.6) is 0 Å². The zero-order chi connectivity index (χ0) is 12.1. The van der Waals surface area contributed by atoms with Gasteiger partial charge < -0.3 is 5.43 Å². The van der Waals surface area contributed by atoms with Crippen LogP contribution in [0.3, 0.4) is 0 Å². The number of hydrogen-bond acceptors (Lipinski definition) is 2. The molecule has 96 valence electrons. The zero-order valence-corrected chi connectivity index (χ0v) is 11.6. The maximum atomic E-state index is 3.74. The Morgan fingerprint density at radius 3 is 2.41 bits per heavy atom. The molecule has 2 bridgehead atoms. The minimum Gasteiger partial charge on any atom is -0.323 e. The lowest BCUT2D eigenvalue weighted by atomic mass is 9.69. The van der Waals surface area contributed by atoms with Crippen LogP contribution in [-0.2, 0) is 0 Å². The Morgan fingerprint density at radius 1 is 1.18 bits per heavy atom. The molecule has 0 radical (unpaired) electrons. The third-order valence-corrected chi connectivity index (χ3v) is 5.90. The van der Waals surface area contributed by atoms with E-state index in [4.69, 9.17) is 0 Å². The molecule has 1 aliphatic heterocycles. The highest BCUT2D eigenvalue weighted by atomic mass is 15.5. The minimum atomic E-state index is 0.384. The van der Waals surface area contributed by atoms with E-state index in [0.29, 0.717) is 10.8 Å². The second-order valence-electron chi connectivity index (χ2n) is 6.94. The van der Waals surface area contributed by atoms with Gasteiger partial charge in [0.15, 0.2) is 0 Å². The molecule has 1 N–H and O–H groups in total. The lowest BCUT2D eigenvalue weighted by Crippen LogP contribution is -2.45. The van der Waals surface area contributed by atoms with E-state index in [1.807, 2.05) is 0 Å². The molecule has 0 amide bonds. The van der Waals surface area contributed by atoms with Crippen LogP contribution in [0.4, 0.5) is 0 Å². The van der Waals surface area contributed by atoms with Gasteiger partial charge in [-0.25, -0.2) is 5.01 Å². The van der Waals surface area contributed by atoms with Gasteiger partial charge in [0.1, 0.15) is 0 Å². The van der Waals surface area contributed by atoms with E-state index in [9.17, 15) is 0 Å². The summed E-state index contributed by atoms with van der Waals surface area (Å²) in [6.45, 7) is 9.80. The average molecular weight is 234 g/mol. The van der Waals surface area contributed by atoms with Crippen LogP contribution < -0.4 is 5.43 Å². The van der Waals surface area contributed by atoms with E-state index in [1.165, 1.54) is 50.9 Å². The van der Waals surface area contributed by atoms with Crippen molar-refractivity contribution in [3.05, 3.63) is 11.8 Å². The van der Waals surface area contributed by atoms with Crippen molar-refractivity contribution in [1.82, 2.24) is 10.4 Å². The largest absolute Gasteiger partial charge is 0.323 e. The molecule has 2 heteroatoms. The van der Waals surface area contributed by atoms with Gasteiger partial charge in [-0.3, -0.25) is 0 Å². The SMILES string of the molecule is CC12CCC(C=C1NN1CCCCC1)C2(C)C. The van der Waals surface area contributed by atoms with Crippen molar-refractivity contribution in [1.29, 1.82) is 0 Å². The van der Waals surface area contributed by atoms with E-state index < -0.39 is 0 Å². The first-order valence-corrected chi connectivity index (χ1v) is 7.28. The molecule has 0 aromatic rings. The Kier molecular flexibility index (Phi) is 2.55. The normalized spacial score (nSPS) is 40.4. The molecule has 2 atom stereocenters. The molecule has 17 heavy (non-hydrogen) atoms. The van der Waals surface area contributed by atoms with Gasteiger partial charge in [0.2, 0.25) is 0 Å². The molecule has 3 rings (SSSR count). The van der Waals surface area contributed by atoms with E-state index in [-0.39, 0.29) is 0 Å². The van der Waals surface area contributed by atoms with Gasteiger partial charge in [-0.15, -0.1) is 0 Å². The maximum absolute atomic E-state index is 3.74. The first kappa shape index (κ1) is 11.6. The van der Waals surface area contributed by atoms with Crippen molar-refractivity contribution in [2.24, 2.45) is 16.7 Å². The molecule has 1 saturated carbocycles. The smallest absolute Gasteiger partial charge is 0.0292 e. The molecular formula is C15H26N2. The van der Waals surface area contributed by atoms with Crippen LogP contribution in [0.1, 0.15) is 52.9 Å². The Labute approximate surface area is 105 Å². The lowest BCUT2D eigenvalue weighted by Gasteiger charge is -2.40. The fourth-order valence-corrected chi connectivity index (χ4v) is 4.03. The highest BCUT2D eigenvalue weighted by Crippen LogP contribution is 2.64. The minimum absolute atomic E-state index is 0.384. The molecule has 1 saturated heterocycles. The summed E-state index contributed by atoms with van der Waals surface area (Å²) in [7, 11) is 0. The van der Waals surface area contributed by atoms with Crippen LogP contribution in [0.25, 0.3) is 0 Å². The molecule has 2 nitrogen and oxygen atoms in total. The van der Waals surface area contributed by atoms with Crippen molar-refractivity contribution >= 4 is 0 Å². The molecule has 2 aliphatic carbocycles. The third-order valence-electron chi connectivity index (χ3n) is 5.90. The van der Waals surface area contributed by atoms with Gasteiger partial charge in [-0.05, 0) is 37.0 Å². The standard InChI is InChI=1S/C15H26N2/c1-14(2)12-7-8-15(14,3)13(11-12)16-17-9-5-4-6-10-17/h11-12,16H,4-10H2,1-3H3. The quantitative estimate of drug-likeness (QED) is 0.788. The van der Waals surface area contributed by atoms with E-state index >= 15 is 0 Å². The van der Waals surface area contributed by atoms with Gasteiger partial charge in [0.25, 0.3) is 0 Å². The second-order valence-corrected chi connectivity index (χ2v) is 6.94. The highest BCUT2D eigenvalue weighted by Gasteiger charge is 2.57. The van der Waals surface area contributed by atoms with Crippen LogP contribution in [-0.4, -0.2) is 18.1 Å². The number of hydrazine groups is 1. The topological polar surface area (TPSA) is 15.3 Å². The second kappa shape index (κ2) is 3.74. The van der Waals surface area contributed by atoms with Crippen molar-refractivity contribution < 1.29 is 0 Å². The molecule has 0 aromatic heterocycles. The summed E-state index contributed by atoms with van der Waals surface area (Å²) in [4.78, 5) is 0. The molecule has 1 heterocycles. The van der Waals surface area contributed by atoms with Gasteiger partial charge in [-0.2, -0.15) is 0 Å². The van der Waals surface area contributed by atoms with Gasteiger partial charge in [0.05, 0.1) is 0 Å². The van der Waals surface area contributed by atoms with Gasteiger partial charge >= 0.3 is 0 Å². The van der Waals surface area contributed by atoms with Gasteiger partial charge in [-0.1, -0.05) is 33.3 Å². The summed E-state index contributed by atoms with van der Waals surface area (Å²) in [5.41, 5.74) is 6.09. The summed E-state index contributed by atoms with van der Waals surface area (Å²) in [6, 6.07) is 0. The van der Waals surface area contributed by atoms with E-state index in [1.54, 1.807) is 0 Å². The van der Waals surface area contributed by atoms with Crippen molar-refractivity contribution in [2.75, 3.05) is 13.1 Å². The summed E-state index contributed by atoms with van der Waals surface area (Å²) >= 11 is 0. The first-order valence-electron chi connectivity index (χ1n) is 7.28. The molecular weight excluding hydrogens is 208 g/mol. The number of nitrogens with one attached hydrogen (secondary N) is 1. The third kappa shape index (κ3) is 1.56. The highest BCUT2D eigenvalue weighted by molar-refractivity contribution is 5.30. The van der Waals surface area contributed by atoms with Crippen molar-refractivity contribution in [2.45, 2.75) is 52.9 Å². The van der Waals surface area contributed by atoms with E-state index in [0.717, 1.165) is 5.92 Å². The number of nitrogens with zero attached hydrogens (tertiary/aromatic N) is 1. The molecule has 2 unspecified atom stereocenters. The fraction of sp³-hybridized carbons (Fsp3) is 0.867. The average Bonchev–Trinajstić information content (AvgIpc) is 2.63. The molecule has 2 fully saturated rings. The molecule has 3 aliphatic rings. The summed E-state index contributed by atoms with van der Waals surface area (Å²) < 4.78 is 0.